The summed E-state index contributed by atoms with van der Waals surface area (Å²) in [5.74, 6) is 0.527. The highest BCUT2D eigenvalue weighted by molar-refractivity contribution is 5.81. The van der Waals surface area contributed by atoms with Crippen molar-refractivity contribution in [2.24, 2.45) is 0 Å². The van der Waals surface area contributed by atoms with Crippen LogP contribution in [-0.4, -0.2) is 37.8 Å². The molecule has 2 rings (SSSR count). The van der Waals surface area contributed by atoms with E-state index in [0.29, 0.717) is 18.1 Å². The lowest BCUT2D eigenvalue weighted by Gasteiger charge is -2.21. The Balaban J connectivity index is 2.37. The zero-order valence-electron chi connectivity index (χ0n) is 16.2. The number of carbonyl (C=O) groups is 2. The van der Waals surface area contributed by atoms with Crippen molar-refractivity contribution >= 4 is 11.9 Å². The summed E-state index contributed by atoms with van der Waals surface area (Å²) in [7, 11) is 3.10. The number of hydrogen-bond acceptors (Lipinski definition) is 5. The Bertz CT molecular complexity index is 781. The minimum Gasteiger partial charge on any atom is -0.497 e. The summed E-state index contributed by atoms with van der Waals surface area (Å²) in [6, 6.07) is 12.2. The van der Waals surface area contributed by atoms with Crippen molar-refractivity contribution in [2.75, 3.05) is 20.8 Å². The maximum Gasteiger partial charge on any atom is 0.303 e. The van der Waals surface area contributed by atoms with Crippen LogP contribution >= 0.6 is 0 Å². The number of rotatable bonds is 10. The Morgan fingerprint density at radius 2 is 1.54 bits per heavy atom. The topological polar surface area (TPSA) is 94.1 Å². The Kier molecular flexibility index (Phi) is 7.68. The number of carbonyl (C=O) groups excluding carboxylic acids is 1. The molecule has 1 atom stereocenters. The normalized spacial score (nSPS) is 11.4. The molecule has 1 amide bonds. The first-order valence-corrected chi connectivity index (χ1v) is 8.93. The van der Waals surface area contributed by atoms with Gasteiger partial charge in [0.25, 0.3) is 0 Å². The monoisotopic (exact) mass is 387 g/mol. The van der Waals surface area contributed by atoms with E-state index in [0.717, 1.165) is 16.9 Å². The number of aliphatic carboxylic acids is 1. The number of methoxy groups -OCH3 is 2. The summed E-state index contributed by atoms with van der Waals surface area (Å²) in [6.07, 6.45) is -0.340. The van der Waals surface area contributed by atoms with Crippen molar-refractivity contribution < 1.29 is 28.9 Å². The molecule has 1 unspecified atom stereocenters. The van der Waals surface area contributed by atoms with Gasteiger partial charge in [-0.25, -0.2) is 0 Å². The summed E-state index contributed by atoms with van der Waals surface area (Å²) in [5.41, 5.74) is 1.58. The lowest BCUT2D eigenvalue weighted by atomic mass is 9.97. The number of hydrogen-bond donors (Lipinski definition) is 2. The fourth-order valence-electron chi connectivity index (χ4n) is 2.73. The van der Waals surface area contributed by atoms with Gasteiger partial charge in [-0.15, -0.1) is 0 Å². The molecule has 0 fully saturated rings. The lowest BCUT2D eigenvalue weighted by Crippen LogP contribution is -2.29. The Hall–Kier alpha value is -3.22. The molecule has 0 heterocycles. The van der Waals surface area contributed by atoms with Crippen LogP contribution in [0.1, 0.15) is 36.9 Å². The molecule has 0 spiro atoms. The first-order chi connectivity index (χ1) is 13.5. The number of carboxylic acids is 1. The number of carboxylic acid groups (broad SMARTS) is 1. The molecular weight excluding hydrogens is 362 g/mol. The molecule has 0 aromatic heterocycles. The first kappa shape index (κ1) is 21.1. The maximum absolute atomic E-state index is 12.3. The molecule has 2 aromatic carbocycles. The maximum atomic E-state index is 12.3. The second-order valence-electron chi connectivity index (χ2n) is 6.04. The molecule has 2 aromatic rings. The van der Waals surface area contributed by atoms with Gasteiger partial charge in [-0.1, -0.05) is 12.1 Å². The van der Waals surface area contributed by atoms with E-state index in [1.165, 1.54) is 0 Å². The third-order valence-electron chi connectivity index (χ3n) is 4.10. The lowest BCUT2D eigenvalue weighted by molar-refractivity contribution is -0.138. The Labute approximate surface area is 164 Å². The van der Waals surface area contributed by atoms with E-state index in [-0.39, 0.29) is 18.7 Å². The zero-order chi connectivity index (χ0) is 20.5. The second kappa shape index (κ2) is 10.2. The van der Waals surface area contributed by atoms with Gasteiger partial charge in [0.05, 0.1) is 33.3 Å². The molecule has 0 bridgehead atoms. The Morgan fingerprint density at radius 1 is 0.929 bits per heavy atom. The molecule has 2 N–H and O–H groups in total. The van der Waals surface area contributed by atoms with E-state index in [9.17, 15) is 9.59 Å². The van der Waals surface area contributed by atoms with Gasteiger partial charge in [0.1, 0.15) is 17.2 Å². The number of nitrogens with one attached hydrogen (secondary N) is 1. The van der Waals surface area contributed by atoms with Crippen LogP contribution in [0, 0.1) is 0 Å². The second-order valence-corrected chi connectivity index (χ2v) is 6.04. The third kappa shape index (κ3) is 5.90. The summed E-state index contributed by atoms with van der Waals surface area (Å²) >= 11 is 0. The predicted octanol–water partition coefficient (Wildman–Crippen LogP) is 3.17. The molecule has 150 valence electrons. The molecule has 0 saturated heterocycles. The smallest absolute Gasteiger partial charge is 0.303 e. The highest BCUT2D eigenvalue weighted by atomic mass is 16.5. The van der Waals surface area contributed by atoms with Crippen LogP contribution < -0.4 is 19.5 Å². The summed E-state index contributed by atoms with van der Waals surface area (Å²) < 4.78 is 16.1. The van der Waals surface area contributed by atoms with E-state index in [4.69, 9.17) is 19.3 Å². The van der Waals surface area contributed by atoms with Gasteiger partial charge in [-0.2, -0.15) is 0 Å². The van der Waals surface area contributed by atoms with E-state index in [2.05, 4.69) is 5.32 Å². The van der Waals surface area contributed by atoms with Gasteiger partial charge in [0.15, 0.2) is 0 Å². The van der Waals surface area contributed by atoms with Crippen molar-refractivity contribution in [1.82, 2.24) is 5.32 Å². The third-order valence-corrected chi connectivity index (χ3v) is 4.10. The molecule has 0 aliphatic rings. The van der Waals surface area contributed by atoms with E-state index >= 15 is 0 Å². The van der Waals surface area contributed by atoms with Gasteiger partial charge in [-0.3, -0.25) is 9.59 Å². The first-order valence-electron chi connectivity index (χ1n) is 8.93. The highest BCUT2D eigenvalue weighted by Gasteiger charge is 2.19. The van der Waals surface area contributed by atoms with Crippen molar-refractivity contribution in [1.29, 1.82) is 0 Å². The highest BCUT2D eigenvalue weighted by Crippen LogP contribution is 2.31. The zero-order valence-corrected chi connectivity index (χ0v) is 16.2. The van der Waals surface area contributed by atoms with Crippen LogP contribution in [0.25, 0.3) is 0 Å². The molecule has 0 aliphatic carbocycles. The van der Waals surface area contributed by atoms with E-state index < -0.39 is 12.0 Å². The fourth-order valence-corrected chi connectivity index (χ4v) is 2.73. The quantitative estimate of drug-likeness (QED) is 0.650. The largest absolute Gasteiger partial charge is 0.497 e. The number of amides is 1. The van der Waals surface area contributed by atoms with Crippen molar-refractivity contribution in [3.63, 3.8) is 0 Å². The van der Waals surface area contributed by atoms with Crippen molar-refractivity contribution in [3.05, 3.63) is 53.6 Å². The van der Waals surface area contributed by atoms with Crippen LogP contribution in [0.4, 0.5) is 0 Å². The standard InChI is InChI=1S/C21H25NO6/c1-4-28-16-7-5-14(6-8-16)21(22-19(23)9-10-20(24)25)15-11-17(26-2)13-18(12-15)27-3/h5-8,11-13,21H,4,9-10H2,1-3H3,(H,22,23)(H,24,25). The molecule has 0 radical (unpaired) electrons. The van der Waals surface area contributed by atoms with Crippen molar-refractivity contribution in [3.8, 4) is 17.2 Å². The number of benzene rings is 2. The van der Waals surface area contributed by atoms with Gasteiger partial charge in [0, 0.05) is 12.5 Å². The van der Waals surface area contributed by atoms with Gasteiger partial charge >= 0.3 is 5.97 Å². The molecule has 0 saturated carbocycles. The molecule has 7 nitrogen and oxygen atoms in total. The molecule has 7 heteroatoms. The summed E-state index contributed by atoms with van der Waals surface area (Å²) in [4.78, 5) is 23.1. The van der Waals surface area contributed by atoms with E-state index in [1.807, 2.05) is 31.2 Å². The average molecular weight is 387 g/mol. The molecular formula is C21H25NO6. The fraction of sp³-hybridized carbons (Fsp3) is 0.333. The number of ether oxygens (including phenoxy) is 3. The predicted molar refractivity (Wildman–Crippen MR) is 104 cm³/mol. The molecule has 0 aliphatic heterocycles. The van der Waals surface area contributed by atoms with Crippen LogP contribution in [0.3, 0.4) is 0 Å². The van der Waals surface area contributed by atoms with E-state index in [1.54, 1.807) is 32.4 Å². The van der Waals surface area contributed by atoms with Crippen LogP contribution in [0.5, 0.6) is 17.2 Å². The average Bonchev–Trinajstić information content (AvgIpc) is 2.71. The van der Waals surface area contributed by atoms with Crippen molar-refractivity contribution in [2.45, 2.75) is 25.8 Å². The minimum atomic E-state index is -1.02. The molecule has 28 heavy (non-hydrogen) atoms. The van der Waals surface area contributed by atoms with Gasteiger partial charge < -0.3 is 24.6 Å². The van der Waals surface area contributed by atoms with Crippen LogP contribution in [0.15, 0.2) is 42.5 Å². The summed E-state index contributed by atoms with van der Waals surface area (Å²) in [6.45, 7) is 2.46. The van der Waals surface area contributed by atoms with Gasteiger partial charge in [0.2, 0.25) is 5.91 Å². The van der Waals surface area contributed by atoms with Crippen LogP contribution in [0.2, 0.25) is 0 Å². The Morgan fingerprint density at radius 3 is 2.04 bits per heavy atom. The summed E-state index contributed by atoms with van der Waals surface area (Å²) in [5, 5.41) is 11.7. The SMILES string of the molecule is CCOc1ccc(C(NC(=O)CCC(=O)O)c2cc(OC)cc(OC)c2)cc1. The van der Waals surface area contributed by atoms with Crippen LogP contribution in [-0.2, 0) is 9.59 Å². The minimum absolute atomic E-state index is 0.107. The van der Waals surface area contributed by atoms with Gasteiger partial charge in [-0.05, 0) is 42.3 Å².